The van der Waals surface area contributed by atoms with Gasteiger partial charge in [-0.05, 0) is 57.3 Å². The molecular weight excluding hydrogens is 402 g/mol. The lowest BCUT2D eigenvalue weighted by Crippen LogP contribution is -2.56. The largest absolute Gasteiger partial charge is 0.497 e. The van der Waals surface area contributed by atoms with Gasteiger partial charge in [0.15, 0.2) is 0 Å². The molecule has 0 unspecified atom stereocenters. The van der Waals surface area contributed by atoms with Gasteiger partial charge < -0.3 is 13.9 Å². The van der Waals surface area contributed by atoms with Gasteiger partial charge in [-0.2, -0.15) is 0 Å². The minimum absolute atomic E-state index is 0.108. The molecule has 0 N–H and O–H groups in total. The summed E-state index contributed by atoms with van der Waals surface area (Å²) in [6, 6.07) is 10.3. The molecule has 0 bridgehead atoms. The van der Waals surface area contributed by atoms with E-state index in [4.69, 9.17) is 13.9 Å². The van der Waals surface area contributed by atoms with E-state index in [2.05, 4.69) is 64.7 Å². The van der Waals surface area contributed by atoms with Crippen LogP contribution in [0.5, 0.6) is 5.75 Å². The first-order valence-corrected chi connectivity index (χ1v) is 13.4. The number of aromatic nitrogens is 1. The van der Waals surface area contributed by atoms with Crippen molar-refractivity contribution in [1.82, 2.24) is 4.98 Å². The van der Waals surface area contributed by atoms with Crippen LogP contribution in [0.4, 0.5) is 0 Å². The van der Waals surface area contributed by atoms with E-state index >= 15 is 0 Å². The maximum atomic E-state index is 7.29. The average molecular weight is 440 g/mol. The second-order valence-corrected chi connectivity index (χ2v) is 16.6. The molecule has 168 valence electrons. The highest BCUT2D eigenvalue weighted by Gasteiger charge is 2.68. The van der Waals surface area contributed by atoms with E-state index in [1.165, 1.54) is 16.7 Å². The van der Waals surface area contributed by atoms with Crippen LogP contribution in [0.2, 0.25) is 15.6 Å². The molecule has 1 fully saturated rings. The van der Waals surface area contributed by atoms with Crippen LogP contribution in [-0.2, 0) is 22.2 Å². The normalized spacial score (nSPS) is 24.7. The van der Waals surface area contributed by atoms with Crippen molar-refractivity contribution in [3.05, 3.63) is 59.4 Å². The molecule has 1 aliphatic carbocycles. The molecule has 1 saturated heterocycles. The van der Waals surface area contributed by atoms with Gasteiger partial charge in [0.05, 0.1) is 26.4 Å². The Morgan fingerprint density at radius 3 is 2.32 bits per heavy atom. The molecule has 0 saturated carbocycles. The summed E-state index contributed by atoms with van der Waals surface area (Å²) >= 11 is 0. The van der Waals surface area contributed by atoms with Gasteiger partial charge in [-0.25, -0.2) is 0 Å². The highest BCUT2D eigenvalue weighted by Crippen LogP contribution is 2.68. The van der Waals surface area contributed by atoms with E-state index < -0.39 is 8.32 Å². The molecule has 2 heterocycles. The van der Waals surface area contributed by atoms with E-state index in [1.54, 1.807) is 7.11 Å². The molecule has 0 amide bonds. The summed E-state index contributed by atoms with van der Waals surface area (Å²) in [6.45, 7) is 15.7. The van der Waals surface area contributed by atoms with Crippen molar-refractivity contribution in [3.63, 3.8) is 0 Å². The summed E-state index contributed by atoms with van der Waals surface area (Å²) in [6.07, 6.45) is 5.17. The van der Waals surface area contributed by atoms with Crippen LogP contribution in [0.3, 0.4) is 0 Å². The maximum Gasteiger partial charge on any atom is 0.209 e. The third-order valence-electron chi connectivity index (χ3n) is 7.40. The van der Waals surface area contributed by atoms with E-state index in [-0.39, 0.29) is 16.2 Å². The van der Waals surface area contributed by atoms with Crippen LogP contribution < -0.4 is 4.74 Å². The number of rotatable bonds is 5. The smallest absolute Gasteiger partial charge is 0.209 e. The fraction of sp³-hybridized carbons (Fsp3) is 0.577. The molecule has 4 rings (SSSR count). The van der Waals surface area contributed by atoms with Gasteiger partial charge in [-0.3, -0.25) is 4.98 Å². The predicted molar refractivity (Wildman–Crippen MR) is 127 cm³/mol. The third kappa shape index (κ3) is 3.75. The summed E-state index contributed by atoms with van der Waals surface area (Å²) < 4.78 is 19.0. The minimum Gasteiger partial charge on any atom is -0.497 e. The number of hydrogen-bond acceptors (Lipinski definition) is 4. The number of fused-ring (bicyclic) bond motifs is 3. The third-order valence-corrected chi connectivity index (χ3v) is 14.1. The zero-order chi connectivity index (χ0) is 22.4. The van der Waals surface area contributed by atoms with Crippen molar-refractivity contribution < 1.29 is 13.9 Å². The van der Waals surface area contributed by atoms with Gasteiger partial charge in [0.25, 0.3) is 0 Å². The standard InChI is InChI=1S/C26H37NO3Si/c1-25(2,3)31(26(4,5)6)23(17-29-16-18-8-10-20(28-7)11-9-18)22-14-19-15-27-13-12-21(19)24(22)30-31/h8-13,15,22-24H,14,16-17H2,1-7H3/t22-,23+,24-/m1/s1. The molecule has 1 aromatic carbocycles. The van der Waals surface area contributed by atoms with E-state index in [9.17, 15) is 0 Å². The number of ether oxygens (including phenoxy) is 2. The first-order valence-electron chi connectivity index (χ1n) is 11.4. The highest BCUT2D eigenvalue weighted by atomic mass is 28.4. The molecule has 31 heavy (non-hydrogen) atoms. The average Bonchev–Trinajstić information content (AvgIpc) is 3.22. The number of pyridine rings is 1. The number of hydrogen-bond donors (Lipinski definition) is 0. The van der Waals surface area contributed by atoms with Gasteiger partial charge in [-0.1, -0.05) is 53.7 Å². The van der Waals surface area contributed by atoms with E-state index in [0.717, 1.165) is 18.8 Å². The Morgan fingerprint density at radius 1 is 1.03 bits per heavy atom. The Balaban J connectivity index is 1.62. The molecular formula is C26H37NO3Si. The predicted octanol–water partition coefficient (Wildman–Crippen LogP) is 6.47. The van der Waals surface area contributed by atoms with E-state index in [1.807, 2.05) is 24.5 Å². The molecule has 4 nitrogen and oxygen atoms in total. The second-order valence-electron chi connectivity index (χ2n) is 11.2. The van der Waals surface area contributed by atoms with Gasteiger partial charge in [-0.15, -0.1) is 0 Å². The lowest BCUT2D eigenvalue weighted by Gasteiger charge is -2.52. The van der Waals surface area contributed by atoms with Crippen molar-refractivity contribution in [2.45, 2.75) is 76.3 Å². The van der Waals surface area contributed by atoms with Crippen molar-refractivity contribution in [2.75, 3.05) is 13.7 Å². The van der Waals surface area contributed by atoms with Crippen LogP contribution >= 0.6 is 0 Å². The molecule has 5 heteroatoms. The number of benzene rings is 1. The molecule has 0 radical (unpaired) electrons. The monoisotopic (exact) mass is 439 g/mol. The van der Waals surface area contributed by atoms with Gasteiger partial charge >= 0.3 is 0 Å². The highest BCUT2D eigenvalue weighted by molar-refractivity contribution is 6.81. The first kappa shape index (κ1) is 22.5. The topological polar surface area (TPSA) is 40.6 Å². The fourth-order valence-electron chi connectivity index (χ4n) is 6.43. The van der Waals surface area contributed by atoms with Crippen molar-refractivity contribution in [2.24, 2.45) is 5.92 Å². The second kappa shape index (κ2) is 8.02. The molecule has 1 aliphatic heterocycles. The molecule has 2 aromatic rings. The molecule has 1 aromatic heterocycles. The molecule has 3 atom stereocenters. The maximum absolute atomic E-state index is 7.29. The summed E-state index contributed by atoms with van der Waals surface area (Å²) in [4.78, 5) is 4.37. The van der Waals surface area contributed by atoms with E-state index in [0.29, 0.717) is 18.1 Å². The number of nitrogens with zero attached hydrogens (tertiary/aromatic N) is 1. The van der Waals surface area contributed by atoms with Crippen LogP contribution in [0.25, 0.3) is 0 Å². The minimum atomic E-state index is -2.25. The summed E-state index contributed by atoms with van der Waals surface area (Å²) in [5.74, 6) is 1.35. The summed E-state index contributed by atoms with van der Waals surface area (Å²) in [5, 5.41) is 0.216. The van der Waals surface area contributed by atoms with Crippen LogP contribution in [0.15, 0.2) is 42.7 Å². The fourth-order valence-corrected chi connectivity index (χ4v) is 13.7. The first-order chi connectivity index (χ1) is 14.6. The van der Waals surface area contributed by atoms with Gasteiger partial charge in [0.2, 0.25) is 8.32 Å². The Labute approximate surface area is 188 Å². The summed E-state index contributed by atoms with van der Waals surface area (Å²) in [7, 11) is -0.553. The Morgan fingerprint density at radius 2 is 1.71 bits per heavy atom. The zero-order valence-corrected chi connectivity index (χ0v) is 21.1. The van der Waals surface area contributed by atoms with Crippen molar-refractivity contribution in [3.8, 4) is 5.75 Å². The van der Waals surface area contributed by atoms with Crippen molar-refractivity contribution >= 4 is 8.32 Å². The van der Waals surface area contributed by atoms with Crippen LogP contribution in [-0.4, -0.2) is 27.0 Å². The molecule has 0 spiro atoms. The van der Waals surface area contributed by atoms with Crippen molar-refractivity contribution in [1.29, 1.82) is 0 Å². The lowest BCUT2D eigenvalue weighted by molar-refractivity contribution is 0.103. The lowest BCUT2D eigenvalue weighted by atomic mass is 9.99. The van der Waals surface area contributed by atoms with Crippen LogP contribution in [0.1, 0.15) is 64.3 Å². The number of methoxy groups -OCH3 is 1. The van der Waals surface area contributed by atoms with Gasteiger partial charge in [0, 0.05) is 17.9 Å². The Kier molecular flexibility index (Phi) is 5.82. The Hall–Kier alpha value is -1.69. The summed E-state index contributed by atoms with van der Waals surface area (Å²) in [5.41, 5.74) is 4.31. The Bertz CT molecular complexity index is 899. The van der Waals surface area contributed by atoms with Gasteiger partial charge in [0.1, 0.15) is 5.75 Å². The SMILES string of the molecule is COc1ccc(COC[C@H]2[C@H]3Cc4cnccc4[C@H]3O[Si]2(C(C)(C)C)C(C)(C)C)cc1. The van der Waals surface area contributed by atoms with Crippen LogP contribution in [0, 0.1) is 5.92 Å². The molecule has 2 aliphatic rings. The quantitative estimate of drug-likeness (QED) is 0.501. The zero-order valence-electron chi connectivity index (χ0n) is 20.1.